The molecule has 0 bridgehead atoms. The minimum absolute atomic E-state index is 0.0136. The third kappa shape index (κ3) is 4.42. The Labute approximate surface area is 159 Å². The Hall–Kier alpha value is -2.95. The lowest BCUT2D eigenvalue weighted by Gasteiger charge is -2.23. The van der Waals surface area contributed by atoms with E-state index in [0.29, 0.717) is 12.8 Å². The number of hydrazone groups is 1. The van der Waals surface area contributed by atoms with Crippen molar-refractivity contribution in [2.24, 2.45) is 5.10 Å². The van der Waals surface area contributed by atoms with E-state index < -0.39 is 12.0 Å². The van der Waals surface area contributed by atoms with Crippen LogP contribution < -0.4 is 5.43 Å². The van der Waals surface area contributed by atoms with Crippen molar-refractivity contribution in [3.8, 4) is 0 Å². The number of fused-ring (bicyclic) bond motifs is 1. The lowest BCUT2D eigenvalue weighted by molar-refractivity contribution is -0.135. The van der Waals surface area contributed by atoms with Gasteiger partial charge in [-0.15, -0.1) is 0 Å². The number of carbonyl (C=O) groups is 2. The molecule has 140 valence electrons. The number of ether oxygens (including phenoxy) is 1. The molecule has 27 heavy (non-hydrogen) atoms. The molecule has 2 aromatic rings. The fourth-order valence-electron chi connectivity index (χ4n) is 3.24. The molecule has 0 unspecified atom stereocenters. The van der Waals surface area contributed by atoms with E-state index in [0.717, 1.165) is 28.7 Å². The van der Waals surface area contributed by atoms with E-state index in [1.54, 1.807) is 6.92 Å². The van der Waals surface area contributed by atoms with Gasteiger partial charge >= 0.3 is 5.97 Å². The van der Waals surface area contributed by atoms with Crippen molar-refractivity contribution < 1.29 is 14.3 Å². The van der Waals surface area contributed by atoms with Crippen LogP contribution in [0.1, 0.15) is 40.4 Å². The first-order valence-corrected chi connectivity index (χ1v) is 9.26. The summed E-state index contributed by atoms with van der Waals surface area (Å²) in [6.45, 7) is 4.03. The largest absolute Gasteiger partial charge is 0.461 e. The van der Waals surface area contributed by atoms with Crippen molar-refractivity contribution in [1.82, 2.24) is 5.43 Å². The van der Waals surface area contributed by atoms with Crippen molar-refractivity contribution in [3.63, 3.8) is 0 Å². The smallest absolute Gasteiger partial charge is 0.354 e. The molecule has 0 aromatic heterocycles. The molecule has 0 radical (unpaired) electrons. The number of ketones is 1. The first kappa shape index (κ1) is 18.8. The lowest BCUT2D eigenvalue weighted by Crippen LogP contribution is -2.39. The maximum absolute atomic E-state index is 12.7. The number of Topliss-reactive ketones (excluding diaryl/α,β-unsaturated/α-hetero) is 1. The highest BCUT2D eigenvalue weighted by Gasteiger charge is 2.27. The summed E-state index contributed by atoms with van der Waals surface area (Å²) in [6.07, 6.45) is 1.82. The van der Waals surface area contributed by atoms with Gasteiger partial charge in [-0.2, -0.15) is 5.10 Å². The van der Waals surface area contributed by atoms with E-state index in [9.17, 15) is 9.59 Å². The van der Waals surface area contributed by atoms with Gasteiger partial charge in [0.05, 0.1) is 6.61 Å². The number of nitrogens with one attached hydrogen (secondary N) is 1. The molecule has 0 spiro atoms. The van der Waals surface area contributed by atoms with Gasteiger partial charge in [-0.05, 0) is 43.4 Å². The third-order valence-corrected chi connectivity index (χ3v) is 4.79. The van der Waals surface area contributed by atoms with Crippen molar-refractivity contribution in [1.29, 1.82) is 0 Å². The van der Waals surface area contributed by atoms with Crippen molar-refractivity contribution in [2.45, 2.75) is 39.2 Å². The fourth-order valence-corrected chi connectivity index (χ4v) is 3.24. The Morgan fingerprint density at radius 1 is 1.19 bits per heavy atom. The average molecular weight is 364 g/mol. The molecular weight excluding hydrogens is 340 g/mol. The normalized spacial score (nSPS) is 16.6. The molecule has 0 saturated carbocycles. The minimum Gasteiger partial charge on any atom is -0.461 e. The third-order valence-electron chi connectivity index (χ3n) is 4.79. The van der Waals surface area contributed by atoms with Crippen molar-refractivity contribution >= 4 is 17.5 Å². The van der Waals surface area contributed by atoms with Gasteiger partial charge in [0, 0.05) is 12.0 Å². The zero-order chi connectivity index (χ0) is 19.2. The minimum atomic E-state index is -0.461. The van der Waals surface area contributed by atoms with Crippen LogP contribution in [0.5, 0.6) is 0 Å². The number of benzene rings is 2. The molecule has 1 N–H and O–H groups in total. The predicted octanol–water partition coefficient (Wildman–Crippen LogP) is 3.24. The number of esters is 1. The van der Waals surface area contributed by atoms with Crippen molar-refractivity contribution in [2.75, 3.05) is 6.61 Å². The first-order chi connectivity index (χ1) is 13.1. The summed E-state index contributed by atoms with van der Waals surface area (Å²) in [6, 6.07) is 15.0. The molecule has 5 nitrogen and oxygen atoms in total. The molecule has 3 rings (SSSR count). The number of carbonyl (C=O) groups excluding carboxylic acids is 2. The molecule has 0 amide bonds. The fraction of sp³-hybridized carbons (Fsp3) is 0.318. The molecule has 0 saturated heterocycles. The number of nitrogens with zero attached hydrogens (tertiary/aromatic N) is 1. The van der Waals surface area contributed by atoms with Crippen LogP contribution in [0.25, 0.3) is 0 Å². The van der Waals surface area contributed by atoms with Crippen LogP contribution in [0.3, 0.4) is 0 Å². The van der Waals surface area contributed by atoms with Crippen LogP contribution in [-0.2, 0) is 22.4 Å². The molecule has 2 aromatic carbocycles. The van der Waals surface area contributed by atoms with Gasteiger partial charge < -0.3 is 4.74 Å². The monoisotopic (exact) mass is 364 g/mol. The Kier molecular flexibility index (Phi) is 6.01. The summed E-state index contributed by atoms with van der Waals surface area (Å²) in [5, 5.41) is 4.30. The molecule has 1 aliphatic carbocycles. The Morgan fingerprint density at radius 3 is 2.70 bits per heavy atom. The molecule has 0 aliphatic heterocycles. The summed E-state index contributed by atoms with van der Waals surface area (Å²) in [5.74, 6) is -0.448. The van der Waals surface area contributed by atoms with Gasteiger partial charge in [0.25, 0.3) is 0 Å². The summed E-state index contributed by atoms with van der Waals surface area (Å²) in [4.78, 5) is 25.0. The lowest BCUT2D eigenvalue weighted by atomic mass is 9.87. The predicted molar refractivity (Wildman–Crippen MR) is 105 cm³/mol. The maximum atomic E-state index is 12.7. The van der Waals surface area contributed by atoms with Gasteiger partial charge in [0.15, 0.2) is 5.78 Å². The van der Waals surface area contributed by atoms with E-state index >= 15 is 0 Å². The standard InChI is InChI=1S/C22H24N2O3/c1-3-27-22(26)20(14-17-10-5-4-8-15(17)2)24-23-19-13-12-16-9-6-7-11-18(16)21(19)25/h4-11,19,23H,3,12-14H2,1-2H3/b24-20-/t19-/m1/s1. The van der Waals surface area contributed by atoms with E-state index in [4.69, 9.17) is 4.74 Å². The first-order valence-electron chi connectivity index (χ1n) is 9.26. The van der Waals surface area contributed by atoms with Gasteiger partial charge in [-0.25, -0.2) is 4.79 Å². The second kappa shape index (κ2) is 8.62. The number of rotatable bonds is 6. The quantitative estimate of drug-likeness (QED) is 0.485. The van der Waals surface area contributed by atoms with E-state index in [1.807, 2.05) is 55.5 Å². The van der Waals surface area contributed by atoms with Crippen LogP contribution in [0.4, 0.5) is 0 Å². The highest BCUT2D eigenvalue weighted by atomic mass is 16.5. The highest BCUT2D eigenvalue weighted by Crippen LogP contribution is 2.21. The second-order valence-corrected chi connectivity index (χ2v) is 6.62. The van der Waals surface area contributed by atoms with Gasteiger partial charge in [-0.1, -0.05) is 48.5 Å². The van der Waals surface area contributed by atoms with E-state index in [-0.39, 0.29) is 18.1 Å². The molecule has 1 aliphatic rings. The number of hydrogen-bond donors (Lipinski definition) is 1. The summed E-state index contributed by atoms with van der Waals surface area (Å²) < 4.78 is 5.14. The molecule has 0 heterocycles. The molecule has 0 fully saturated rings. The Balaban J connectivity index is 1.79. The van der Waals surface area contributed by atoms with Gasteiger partial charge in [-0.3, -0.25) is 10.2 Å². The zero-order valence-electron chi connectivity index (χ0n) is 15.7. The molecule has 5 heteroatoms. The topological polar surface area (TPSA) is 67.8 Å². The van der Waals surface area contributed by atoms with Gasteiger partial charge in [0.2, 0.25) is 0 Å². The summed E-state index contributed by atoms with van der Waals surface area (Å²) >= 11 is 0. The van der Waals surface area contributed by atoms with Crippen LogP contribution in [-0.4, -0.2) is 30.1 Å². The summed E-state index contributed by atoms with van der Waals surface area (Å²) in [5.41, 5.74) is 7.09. The Bertz CT molecular complexity index is 873. The molecule has 1 atom stereocenters. The zero-order valence-corrected chi connectivity index (χ0v) is 15.7. The highest BCUT2D eigenvalue weighted by molar-refractivity contribution is 6.37. The number of hydrogen-bond acceptors (Lipinski definition) is 5. The van der Waals surface area contributed by atoms with Crippen LogP contribution in [0, 0.1) is 6.92 Å². The SMILES string of the molecule is CCOC(=O)/C(Cc1ccccc1C)=N\N[C@@H]1CCc2ccccc2C1=O. The van der Waals surface area contributed by atoms with Crippen LogP contribution in [0.15, 0.2) is 53.6 Å². The molecular formula is C22H24N2O3. The maximum Gasteiger partial charge on any atom is 0.354 e. The second-order valence-electron chi connectivity index (χ2n) is 6.62. The van der Waals surface area contributed by atoms with Crippen LogP contribution in [0.2, 0.25) is 0 Å². The van der Waals surface area contributed by atoms with Gasteiger partial charge in [0.1, 0.15) is 11.8 Å². The summed E-state index contributed by atoms with van der Waals surface area (Å²) in [7, 11) is 0. The van der Waals surface area contributed by atoms with E-state index in [2.05, 4.69) is 10.5 Å². The van der Waals surface area contributed by atoms with Crippen LogP contribution >= 0.6 is 0 Å². The van der Waals surface area contributed by atoms with E-state index in [1.165, 1.54) is 0 Å². The van der Waals surface area contributed by atoms with Crippen molar-refractivity contribution in [3.05, 3.63) is 70.8 Å². The number of aryl methyl sites for hydroxylation is 2. The Morgan fingerprint density at radius 2 is 1.93 bits per heavy atom. The average Bonchev–Trinajstić information content (AvgIpc) is 2.68.